The van der Waals surface area contributed by atoms with Crippen molar-refractivity contribution in [2.45, 2.75) is 16.9 Å². The van der Waals surface area contributed by atoms with Crippen LogP contribution in [0.4, 0.5) is 8.78 Å². The van der Waals surface area contributed by atoms with Gasteiger partial charge in [0.25, 0.3) is 5.91 Å². The SMILES string of the molecule is CC(NC(=O)c1cc(C#CCN2CCOCC2)ncn1)c1ncc(C(N)=NC2=CC(C(F)(F)I)=C(Cl)C=I2)s1. The molecule has 9 nitrogen and oxygen atoms in total. The minimum atomic E-state index is -3.11. The number of nitrogens with one attached hydrogen (secondary N) is 1. The molecule has 15 heteroatoms. The van der Waals surface area contributed by atoms with Crippen molar-refractivity contribution in [3.63, 3.8) is 0 Å². The van der Waals surface area contributed by atoms with Gasteiger partial charge in [0.1, 0.15) is 28.6 Å². The van der Waals surface area contributed by atoms with Gasteiger partial charge in [0.2, 0.25) is 0 Å². The molecule has 4 heterocycles. The van der Waals surface area contributed by atoms with Crippen molar-refractivity contribution in [3.05, 3.63) is 60.2 Å². The zero-order valence-electron chi connectivity index (χ0n) is 20.4. The van der Waals surface area contributed by atoms with E-state index in [9.17, 15) is 13.6 Å². The Morgan fingerprint density at radius 2 is 2.18 bits per heavy atom. The smallest absolute Gasteiger partial charge is 0.323 e. The normalized spacial score (nSPS) is 17.6. The van der Waals surface area contributed by atoms with Crippen LogP contribution in [0.2, 0.25) is 0 Å². The quantitative estimate of drug-likeness (QED) is 0.109. The number of hydrogen-bond acceptors (Lipinski definition) is 8. The number of amides is 1. The van der Waals surface area contributed by atoms with Crippen LogP contribution in [0.5, 0.6) is 0 Å². The van der Waals surface area contributed by atoms with E-state index in [0.29, 0.717) is 39.0 Å². The highest BCUT2D eigenvalue weighted by Crippen LogP contribution is 2.40. The number of aromatic nitrogens is 3. The largest absolute Gasteiger partial charge is 0.382 e. The second kappa shape index (κ2) is 13.6. The number of halogens is 5. The van der Waals surface area contributed by atoms with Crippen LogP contribution in [0, 0.1) is 11.8 Å². The topological polar surface area (TPSA) is 119 Å². The third-order valence-corrected chi connectivity index (χ3v) is 9.92. The predicted molar refractivity (Wildman–Crippen MR) is 165 cm³/mol. The fraction of sp³-hybridized carbons (Fsp3) is 0.333. The molecule has 2 aliphatic rings. The van der Waals surface area contributed by atoms with E-state index in [1.807, 2.05) is 0 Å². The van der Waals surface area contributed by atoms with Crippen LogP contribution in [0.1, 0.15) is 39.0 Å². The third kappa shape index (κ3) is 8.54. The first-order valence-corrected chi connectivity index (χ1v) is 16.1. The van der Waals surface area contributed by atoms with Crippen molar-refractivity contribution in [3.8, 4) is 11.8 Å². The van der Waals surface area contributed by atoms with Crippen LogP contribution in [-0.2, 0) is 4.74 Å². The predicted octanol–water partition coefficient (Wildman–Crippen LogP) is 3.96. The molecule has 3 N–H and O–H groups in total. The monoisotopic (exact) mass is 799 g/mol. The summed E-state index contributed by atoms with van der Waals surface area (Å²) in [5.74, 6) is 5.81. The zero-order chi connectivity index (χ0) is 28.0. The summed E-state index contributed by atoms with van der Waals surface area (Å²) in [6.07, 6.45) is 4.14. The number of carbonyl (C=O) groups excluding carboxylic acids is 1. The van der Waals surface area contributed by atoms with E-state index in [1.165, 1.54) is 29.9 Å². The molecular weight excluding hydrogens is 778 g/mol. The first kappa shape index (κ1) is 30.1. The van der Waals surface area contributed by atoms with Crippen molar-refractivity contribution in [1.29, 1.82) is 0 Å². The van der Waals surface area contributed by atoms with E-state index in [2.05, 4.69) is 42.0 Å². The Morgan fingerprint density at radius 1 is 1.41 bits per heavy atom. The fourth-order valence-electron chi connectivity index (χ4n) is 3.32. The van der Waals surface area contributed by atoms with Crippen molar-refractivity contribution >= 4 is 82.0 Å². The Hall–Kier alpha value is -1.91. The van der Waals surface area contributed by atoms with Gasteiger partial charge in [0, 0.05) is 47.9 Å². The van der Waals surface area contributed by atoms with Gasteiger partial charge >= 0.3 is 3.93 Å². The van der Waals surface area contributed by atoms with Gasteiger partial charge in [-0.1, -0.05) is 38.3 Å². The maximum absolute atomic E-state index is 13.8. The number of morpholine rings is 1. The first-order chi connectivity index (χ1) is 18.6. The maximum atomic E-state index is 13.8. The second-order valence-electron chi connectivity index (χ2n) is 8.18. The number of hydrogen-bond donors (Lipinski definition) is 2. The number of ether oxygens (including phenoxy) is 1. The molecule has 0 bridgehead atoms. The number of nitrogens with zero attached hydrogens (tertiary/aromatic N) is 5. The summed E-state index contributed by atoms with van der Waals surface area (Å²) in [6.45, 7) is 5.44. The molecule has 2 aliphatic heterocycles. The van der Waals surface area contributed by atoms with Crippen molar-refractivity contribution < 1.29 is 18.3 Å². The van der Waals surface area contributed by atoms with Crippen LogP contribution in [-0.4, -0.2) is 72.4 Å². The van der Waals surface area contributed by atoms with Gasteiger partial charge in [-0.15, -0.1) is 11.3 Å². The van der Waals surface area contributed by atoms with Gasteiger partial charge in [0.15, 0.2) is 0 Å². The molecule has 2 aromatic rings. The van der Waals surface area contributed by atoms with Gasteiger partial charge in [-0.3, -0.25) is 9.69 Å². The number of rotatable bonds is 7. The third-order valence-electron chi connectivity index (χ3n) is 5.33. The van der Waals surface area contributed by atoms with E-state index in [0.717, 1.165) is 35.7 Å². The standard InChI is InChI=1S/C24H22ClF2I2N7O2S/c1-14(34-22(37)18-9-15(32-13-33-18)3-2-4-36-5-7-38-8-6-36)23-31-12-19(39-23)21(30)35-20-10-16(24(26,27)28)17(25)11-29-20/h9-14H,4-8H2,1H3,(H2,30,35)(H,34,37). The fourth-order valence-corrected chi connectivity index (χ4v) is 7.01. The molecule has 2 aromatic heterocycles. The van der Waals surface area contributed by atoms with Gasteiger partial charge < -0.3 is 15.8 Å². The Balaban J connectivity index is 1.39. The Kier molecular flexibility index (Phi) is 10.5. The maximum Gasteiger partial charge on any atom is 0.323 e. The average Bonchev–Trinajstić information content (AvgIpc) is 3.41. The summed E-state index contributed by atoms with van der Waals surface area (Å²) in [5.41, 5.74) is 6.49. The van der Waals surface area contributed by atoms with Gasteiger partial charge in [-0.25, -0.2) is 19.9 Å². The molecule has 1 amide bonds. The van der Waals surface area contributed by atoms with E-state index < -0.39 is 36.6 Å². The lowest BCUT2D eigenvalue weighted by Crippen LogP contribution is -2.36. The van der Waals surface area contributed by atoms with Crippen LogP contribution < -0.4 is 11.1 Å². The minimum absolute atomic E-state index is 0.0419. The van der Waals surface area contributed by atoms with E-state index in [1.54, 1.807) is 17.0 Å². The highest BCUT2D eigenvalue weighted by Gasteiger charge is 2.32. The number of carbonyl (C=O) groups is 1. The summed E-state index contributed by atoms with van der Waals surface area (Å²) in [7, 11) is 0. The lowest BCUT2D eigenvalue weighted by Gasteiger charge is -2.24. The average molecular weight is 800 g/mol. The number of thiazole rings is 1. The van der Waals surface area contributed by atoms with E-state index >= 15 is 0 Å². The molecule has 0 spiro atoms. The van der Waals surface area contributed by atoms with Crippen LogP contribution >= 0.6 is 66.3 Å². The minimum Gasteiger partial charge on any atom is -0.382 e. The molecular formula is C24H22ClF2I2N7O2S. The van der Waals surface area contributed by atoms with Gasteiger partial charge in [0.05, 0.1) is 45.0 Å². The molecule has 0 saturated carbocycles. The highest BCUT2D eigenvalue weighted by molar-refractivity contribution is 14.2. The molecule has 0 aromatic carbocycles. The summed E-state index contributed by atoms with van der Waals surface area (Å²) in [6, 6.07) is 1.09. The first-order valence-electron chi connectivity index (χ1n) is 11.5. The Morgan fingerprint density at radius 3 is 2.92 bits per heavy atom. The van der Waals surface area contributed by atoms with Crippen molar-refractivity contribution in [2.24, 2.45) is 10.7 Å². The lowest BCUT2D eigenvalue weighted by molar-refractivity contribution is 0.0443. The molecule has 4 rings (SSSR count). The number of nitrogens with two attached hydrogens (primary N) is 1. The number of alkyl halides is 3. The summed E-state index contributed by atoms with van der Waals surface area (Å²) in [5, 5.41) is 3.50. The molecule has 1 saturated heterocycles. The number of allylic oxidation sites excluding steroid dienone is 3. The van der Waals surface area contributed by atoms with Crippen molar-refractivity contribution in [1.82, 2.24) is 25.2 Å². The summed E-state index contributed by atoms with van der Waals surface area (Å²) < 4.78 is 31.9. The van der Waals surface area contributed by atoms with Crippen molar-refractivity contribution in [2.75, 3.05) is 32.8 Å². The number of amidine groups is 1. The Bertz CT molecular complexity index is 1420. The van der Waals surface area contributed by atoms with E-state index in [4.69, 9.17) is 22.1 Å². The Labute approximate surface area is 256 Å². The number of aliphatic imine (C=N–C) groups is 1. The molecule has 0 aliphatic carbocycles. The van der Waals surface area contributed by atoms with Gasteiger partial charge in [-0.05, 0) is 22.9 Å². The highest BCUT2D eigenvalue weighted by atomic mass is 127. The molecule has 0 radical (unpaired) electrons. The molecule has 1 fully saturated rings. The molecule has 1 unspecified atom stereocenters. The zero-order valence-corrected chi connectivity index (χ0v) is 26.3. The second-order valence-corrected chi connectivity index (χ2v) is 13.4. The summed E-state index contributed by atoms with van der Waals surface area (Å²) in [4.78, 5) is 32.4. The lowest BCUT2D eigenvalue weighted by atomic mass is 10.2. The molecule has 1 atom stereocenters. The van der Waals surface area contributed by atoms with Crippen LogP contribution in [0.15, 0.2) is 44.0 Å². The van der Waals surface area contributed by atoms with Crippen LogP contribution in [0.25, 0.3) is 0 Å². The molecule has 206 valence electrons. The summed E-state index contributed by atoms with van der Waals surface area (Å²) >= 11 is 7.43. The van der Waals surface area contributed by atoms with Crippen LogP contribution in [0.3, 0.4) is 0 Å². The molecule has 39 heavy (non-hydrogen) atoms. The van der Waals surface area contributed by atoms with Gasteiger partial charge in [-0.2, -0.15) is 8.78 Å². The van der Waals surface area contributed by atoms with E-state index in [-0.39, 0.29) is 22.1 Å².